The van der Waals surface area contributed by atoms with E-state index < -0.39 is 0 Å². The van der Waals surface area contributed by atoms with Crippen LogP contribution in [0.2, 0.25) is 5.02 Å². The molecule has 2 aromatic carbocycles. The number of benzene rings is 2. The maximum absolute atomic E-state index is 12.0. The molecule has 0 aromatic heterocycles. The molecule has 0 bridgehead atoms. The molecular formula is C20H24ClN3O2. The number of aryl methyl sites for hydroxylation is 1. The number of carbonyl (C=O) groups excluding carboxylic acids is 2. The van der Waals surface area contributed by atoms with Crippen LogP contribution in [0.1, 0.15) is 31.0 Å². The van der Waals surface area contributed by atoms with Gasteiger partial charge in [-0.3, -0.25) is 9.59 Å². The number of rotatable bonds is 8. The highest BCUT2D eigenvalue weighted by Crippen LogP contribution is 2.21. The van der Waals surface area contributed by atoms with Crippen molar-refractivity contribution in [3.8, 4) is 0 Å². The van der Waals surface area contributed by atoms with Gasteiger partial charge in [0.25, 0.3) is 0 Å². The number of amides is 2. The Balaban J connectivity index is 1.76. The maximum Gasteiger partial charge on any atom is 0.243 e. The van der Waals surface area contributed by atoms with Gasteiger partial charge < -0.3 is 16.0 Å². The Morgan fingerprint density at radius 1 is 1.00 bits per heavy atom. The minimum absolute atomic E-state index is 0.0697. The minimum Gasteiger partial charge on any atom is -0.346 e. The van der Waals surface area contributed by atoms with Crippen LogP contribution >= 0.6 is 11.6 Å². The molecule has 0 heterocycles. The van der Waals surface area contributed by atoms with Gasteiger partial charge in [-0.1, -0.05) is 54.9 Å². The van der Waals surface area contributed by atoms with Gasteiger partial charge in [-0.15, -0.1) is 0 Å². The van der Waals surface area contributed by atoms with Gasteiger partial charge in [0.15, 0.2) is 0 Å². The predicted molar refractivity (Wildman–Crippen MR) is 105 cm³/mol. The number of para-hydroxylation sites is 1. The fourth-order valence-electron chi connectivity index (χ4n) is 2.57. The molecule has 2 amide bonds. The van der Waals surface area contributed by atoms with E-state index in [1.807, 2.05) is 62.4 Å². The first kappa shape index (κ1) is 19.9. The van der Waals surface area contributed by atoms with Crippen molar-refractivity contribution in [1.82, 2.24) is 10.6 Å². The molecule has 3 N–H and O–H groups in total. The van der Waals surface area contributed by atoms with E-state index >= 15 is 0 Å². The lowest BCUT2D eigenvalue weighted by Gasteiger charge is -2.15. The minimum atomic E-state index is -0.251. The van der Waals surface area contributed by atoms with Crippen LogP contribution in [-0.2, 0) is 16.0 Å². The zero-order chi connectivity index (χ0) is 18.9. The van der Waals surface area contributed by atoms with Crippen molar-refractivity contribution in [2.24, 2.45) is 0 Å². The average molecular weight is 374 g/mol. The summed E-state index contributed by atoms with van der Waals surface area (Å²) >= 11 is 6.15. The van der Waals surface area contributed by atoms with E-state index in [1.54, 1.807) is 0 Å². The SMILES string of the molecule is CCc1ccccc1NC(=O)CNC(=O)CN[C@@H](C)c1ccccc1Cl. The van der Waals surface area contributed by atoms with Gasteiger partial charge in [-0.05, 0) is 36.6 Å². The number of hydrogen-bond acceptors (Lipinski definition) is 3. The van der Waals surface area contributed by atoms with E-state index in [9.17, 15) is 9.59 Å². The Labute approximate surface area is 159 Å². The third kappa shape index (κ3) is 5.86. The maximum atomic E-state index is 12.0. The zero-order valence-electron chi connectivity index (χ0n) is 15.0. The molecule has 0 spiro atoms. The van der Waals surface area contributed by atoms with Crippen molar-refractivity contribution in [3.63, 3.8) is 0 Å². The molecule has 1 atom stereocenters. The van der Waals surface area contributed by atoms with Gasteiger partial charge in [0.2, 0.25) is 11.8 Å². The Bertz CT molecular complexity index is 764. The van der Waals surface area contributed by atoms with Crippen LogP contribution < -0.4 is 16.0 Å². The number of hydrogen-bond donors (Lipinski definition) is 3. The fraction of sp³-hybridized carbons (Fsp3) is 0.300. The van der Waals surface area contributed by atoms with Crippen LogP contribution in [0.4, 0.5) is 5.69 Å². The second kappa shape index (κ2) is 9.94. The standard InChI is InChI=1S/C20H24ClN3O2/c1-3-15-8-4-7-11-18(15)24-20(26)13-23-19(25)12-22-14(2)16-9-5-6-10-17(16)21/h4-11,14,22H,3,12-13H2,1-2H3,(H,23,25)(H,24,26)/t14-/m0/s1. The summed E-state index contributed by atoms with van der Waals surface area (Å²) in [5.74, 6) is -0.499. The summed E-state index contributed by atoms with van der Waals surface area (Å²) in [6.07, 6.45) is 0.826. The molecule has 0 saturated heterocycles. The topological polar surface area (TPSA) is 70.2 Å². The first-order valence-corrected chi connectivity index (χ1v) is 9.01. The Morgan fingerprint density at radius 2 is 1.69 bits per heavy atom. The molecule has 0 radical (unpaired) electrons. The molecule has 6 heteroatoms. The van der Waals surface area contributed by atoms with Crippen molar-refractivity contribution in [3.05, 3.63) is 64.7 Å². The number of halogens is 1. The van der Waals surface area contributed by atoms with E-state index in [2.05, 4.69) is 16.0 Å². The molecule has 26 heavy (non-hydrogen) atoms. The van der Waals surface area contributed by atoms with Crippen molar-refractivity contribution in [1.29, 1.82) is 0 Å². The first-order chi connectivity index (χ1) is 12.5. The molecule has 138 valence electrons. The second-order valence-electron chi connectivity index (χ2n) is 5.96. The molecule has 0 aliphatic carbocycles. The highest BCUT2D eigenvalue weighted by atomic mass is 35.5. The zero-order valence-corrected chi connectivity index (χ0v) is 15.8. The second-order valence-corrected chi connectivity index (χ2v) is 6.37. The fourth-order valence-corrected chi connectivity index (χ4v) is 2.87. The lowest BCUT2D eigenvalue weighted by molar-refractivity contribution is -0.123. The van der Waals surface area contributed by atoms with Crippen molar-refractivity contribution < 1.29 is 9.59 Å². The van der Waals surface area contributed by atoms with Crippen LogP contribution in [-0.4, -0.2) is 24.9 Å². The highest BCUT2D eigenvalue weighted by Gasteiger charge is 2.11. The summed E-state index contributed by atoms with van der Waals surface area (Å²) in [6.45, 7) is 3.99. The van der Waals surface area contributed by atoms with Crippen LogP contribution in [0.15, 0.2) is 48.5 Å². The Morgan fingerprint density at radius 3 is 2.42 bits per heavy atom. The van der Waals surface area contributed by atoms with Crippen molar-refractivity contribution in [2.75, 3.05) is 18.4 Å². The lowest BCUT2D eigenvalue weighted by atomic mass is 10.1. The number of carbonyl (C=O) groups is 2. The van der Waals surface area contributed by atoms with Gasteiger partial charge >= 0.3 is 0 Å². The number of nitrogens with one attached hydrogen (secondary N) is 3. The Hall–Kier alpha value is -2.37. The largest absolute Gasteiger partial charge is 0.346 e. The van der Waals surface area contributed by atoms with Gasteiger partial charge in [0.05, 0.1) is 13.1 Å². The number of anilines is 1. The monoisotopic (exact) mass is 373 g/mol. The third-order valence-corrected chi connectivity index (χ3v) is 4.40. The summed E-state index contributed by atoms with van der Waals surface area (Å²) in [7, 11) is 0. The van der Waals surface area contributed by atoms with E-state index in [1.165, 1.54) is 0 Å². The average Bonchev–Trinajstić information content (AvgIpc) is 2.65. The van der Waals surface area contributed by atoms with E-state index in [0.717, 1.165) is 23.2 Å². The van der Waals surface area contributed by atoms with E-state index in [-0.39, 0.29) is 30.9 Å². The quantitative estimate of drug-likeness (QED) is 0.664. The third-order valence-electron chi connectivity index (χ3n) is 4.06. The first-order valence-electron chi connectivity index (χ1n) is 8.63. The van der Waals surface area contributed by atoms with Crippen LogP contribution in [0.3, 0.4) is 0 Å². The molecule has 0 aliphatic heterocycles. The summed E-state index contributed by atoms with van der Waals surface area (Å²) in [4.78, 5) is 24.0. The van der Waals surface area contributed by atoms with Crippen LogP contribution in [0.5, 0.6) is 0 Å². The van der Waals surface area contributed by atoms with E-state index in [0.29, 0.717) is 5.02 Å². The summed E-state index contributed by atoms with van der Waals surface area (Å²) in [5, 5.41) is 9.20. The molecule has 2 rings (SSSR count). The van der Waals surface area contributed by atoms with Crippen LogP contribution in [0, 0.1) is 0 Å². The molecule has 2 aromatic rings. The molecule has 0 fully saturated rings. The molecule has 0 unspecified atom stereocenters. The van der Waals surface area contributed by atoms with Crippen molar-refractivity contribution in [2.45, 2.75) is 26.3 Å². The van der Waals surface area contributed by atoms with Gasteiger partial charge in [0.1, 0.15) is 0 Å². The summed E-state index contributed by atoms with van der Waals surface area (Å²) in [5.41, 5.74) is 2.76. The normalized spacial score (nSPS) is 11.7. The summed E-state index contributed by atoms with van der Waals surface area (Å²) in [6, 6.07) is 15.0. The Kier molecular flexibility index (Phi) is 7.63. The van der Waals surface area contributed by atoms with Crippen molar-refractivity contribution >= 4 is 29.1 Å². The molecular weight excluding hydrogens is 350 g/mol. The smallest absolute Gasteiger partial charge is 0.243 e. The highest BCUT2D eigenvalue weighted by molar-refractivity contribution is 6.31. The lowest BCUT2D eigenvalue weighted by Crippen LogP contribution is -2.39. The molecule has 0 saturated carbocycles. The van der Waals surface area contributed by atoms with E-state index in [4.69, 9.17) is 11.6 Å². The van der Waals surface area contributed by atoms with Crippen LogP contribution in [0.25, 0.3) is 0 Å². The summed E-state index contributed by atoms with van der Waals surface area (Å²) < 4.78 is 0. The van der Waals surface area contributed by atoms with Gasteiger partial charge in [-0.25, -0.2) is 0 Å². The van der Waals surface area contributed by atoms with Gasteiger partial charge in [0, 0.05) is 16.8 Å². The molecule has 5 nitrogen and oxygen atoms in total. The van der Waals surface area contributed by atoms with Gasteiger partial charge in [-0.2, -0.15) is 0 Å². The molecule has 0 aliphatic rings. The predicted octanol–water partition coefficient (Wildman–Crippen LogP) is 3.31.